The van der Waals surface area contributed by atoms with Gasteiger partial charge in [-0.15, -0.1) is 10.2 Å². The number of aromatic nitrogens is 5. The van der Waals surface area contributed by atoms with Crippen molar-refractivity contribution in [2.24, 2.45) is 0 Å². The highest BCUT2D eigenvalue weighted by atomic mass is 16.1. The van der Waals surface area contributed by atoms with E-state index in [9.17, 15) is 4.79 Å². The molecule has 7 nitrogen and oxygen atoms in total. The lowest BCUT2D eigenvalue weighted by Crippen LogP contribution is -2.26. The van der Waals surface area contributed by atoms with Gasteiger partial charge in [-0.2, -0.15) is 5.10 Å². The second-order valence-corrected chi connectivity index (χ2v) is 4.24. The molecule has 19 heavy (non-hydrogen) atoms. The maximum absolute atomic E-state index is 11.6. The maximum Gasteiger partial charge on any atom is 0.220 e. The zero-order chi connectivity index (χ0) is 13.5. The number of H-pyrrole nitrogens is 1. The zero-order valence-electron chi connectivity index (χ0n) is 11.0. The first-order valence-electron chi connectivity index (χ1n) is 6.40. The van der Waals surface area contributed by atoms with Crippen LogP contribution in [0.25, 0.3) is 0 Å². The number of hydrogen-bond donors (Lipinski definition) is 2. The van der Waals surface area contributed by atoms with Gasteiger partial charge in [0.05, 0.1) is 6.20 Å². The molecule has 0 saturated carbocycles. The van der Waals surface area contributed by atoms with Crippen LogP contribution in [-0.2, 0) is 24.2 Å². The number of aryl methyl sites for hydroxylation is 2. The van der Waals surface area contributed by atoms with E-state index < -0.39 is 0 Å². The summed E-state index contributed by atoms with van der Waals surface area (Å²) in [4.78, 5) is 11.6. The molecule has 2 N–H and O–H groups in total. The second-order valence-electron chi connectivity index (χ2n) is 4.24. The molecule has 7 heteroatoms. The third-order valence-corrected chi connectivity index (χ3v) is 2.90. The van der Waals surface area contributed by atoms with Crippen molar-refractivity contribution in [3.63, 3.8) is 0 Å². The van der Waals surface area contributed by atoms with E-state index in [0.717, 1.165) is 17.9 Å². The monoisotopic (exact) mass is 262 g/mol. The predicted molar refractivity (Wildman–Crippen MR) is 69.3 cm³/mol. The standard InChI is InChI=1S/C12H18N6O/c1-2-18-9-16-17-11(18)5-6-13-12(19)4-3-10-7-14-15-8-10/h7-9H,2-6H2,1H3,(H,13,19)(H,14,15). The highest BCUT2D eigenvalue weighted by Gasteiger charge is 2.05. The molecule has 0 aliphatic heterocycles. The van der Waals surface area contributed by atoms with Crippen LogP contribution >= 0.6 is 0 Å². The SMILES string of the molecule is CCn1cnnc1CCNC(=O)CCc1cn[nH]c1. The van der Waals surface area contributed by atoms with Crippen LogP contribution in [0.4, 0.5) is 0 Å². The summed E-state index contributed by atoms with van der Waals surface area (Å²) in [6.07, 6.45) is 7.11. The van der Waals surface area contributed by atoms with Gasteiger partial charge < -0.3 is 9.88 Å². The fraction of sp³-hybridized carbons (Fsp3) is 0.500. The molecule has 2 heterocycles. The summed E-state index contributed by atoms with van der Waals surface area (Å²) < 4.78 is 1.97. The minimum absolute atomic E-state index is 0.0452. The van der Waals surface area contributed by atoms with Crippen molar-refractivity contribution >= 4 is 5.91 Å². The van der Waals surface area contributed by atoms with E-state index >= 15 is 0 Å². The van der Waals surface area contributed by atoms with E-state index in [2.05, 4.69) is 25.7 Å². The van der Waals surface area contributed by atoms with E-state index in [4.69, 9.17) is 0 Å². The summed E-state index contributed by atoms with van der Waals surface area (Å²) in [5.74, 6) is 0.946. The summed E-state index contributed by atoms with van der Waals surface area (Å²) in [5.41, 5.74) is 1.04. The lowest BCUT2D eigenvalue weighted by atomic mass is 10.2. The number of carbonyl (C=O) groups is 1. The Hall–Kier alpha value is -2.18. The third-order valence-electron chi connectivity index (χ3n) is 2.90. The molecule has 2 rings (SSSR count). The van der Waals surface area contributed by atoms with Crippen molar-refractivity contribution in [1.29, 1.82) is 0 Å². The van der Waals surface area contributed by atoms with Gasteiger partial charge in [-0.25, -0.2) is 0 Å². The number of carbonyl (C=O) groups excluding carboxylic acids is 1. The molecule has 0 bridgehead atoms. The first-order valence-corrected chi connectivity index (χ1v) is 6.40. The molecule has 0 radical (unpaired) electrons. The Morgan fingerprint density at radius 3 is 3.11 bits per heavy atom. The highest BCUT2D eigenvalue weighted by molar-refractivity contribution is 5.76. The minimum Gasteiger partial charge on any atom is -0.356 e. The second kappa shape index (κ2) is 6.67. The number of rotatable bonds is 7. The van der Waals surface area contributed by atoms with Gasteiger partial charge >= 0.3 is 0 Å². The Balaban J connectivity index is 1.66. The van der Waals surface area contributed by atoms with Crippen molar-refractivity contribution in [2.45, 2.75) is 32.7 Å². The first kappa shape index (κ1) is 13.3. The number of amides is 1. The Labute approximate surface area is 111 Å². The third kappa shape index (κ3) is 3.90. The molecule has 2 aromatic heterocycles. The Morgan fingerprint density at radius 2 is 2.37 bits per heavy atom. The fourth-order valence-electron chi connectivity index (χ4n) is 1.81. The molecule has 0 aromatic carbocycles. The first-order chi connectivity index (χ1) is 9.29. The lowest BCUT2D eigenvalue weighted by Gasteiger charge is -2.05. The van der Waals surface area contributed by atoms with Crippen molar-refractivity contribution in [1.82, 2.24) is 30.3 Å². The van der Waals surface area contributed by atoms with Crippen LogP contribution < -0.4 is 5.32 Å². The van der Waals surface area contributed by atoms with Gasteiger partial charge in [0.15, 0.2) is 0 Å². The van der Waals surface area contributed by atoms with E-state index in [1.807, 2.05) is 11.5 Å². The van der Waals surface area contributed by atoms with Gasteiger partial charge in [-0.3, -0.25) is 9.89 Å². The maximum atomic E-state index is 11.6. The molecular weight excluding hydrogens is 244 g/mol. The number of nitrogens with zero attached hydrogens (tertiary/aromatic N) is 4. The van der Waals surface area contributed by atoms with Gasteiger partial charge in [-0.05, 0) is 18.9 Å². The van der Waals surface area contributed by atoms with Gasteiger partial charge in [0, 0.05) is 32.1 Å². The van der Waals surface area contributed by atoms with Crippen molar-refractivity contribution in [2.75, 3.05) is 6.54 Å². The average molecular weight is 262 g/mol. The van der Waals surface area contributed by atoms with E-state index in [1.54, 1.807) is 18.7 Å². The summed E-state index contributed by atoms with van der Waals surface area (Å²) in [6, 6.07) is 0. The topological polar surface area (TPSA) is 88.5 Å². The van der Waals surface area contributed by atoms with Gasteiger partial charge in [-0.1, -0.05) is 0 Å². The average Bonchev–Trinajstić information content (AvgIpc) is 3.07. The molecule has 0 aliphatic carbocycles. The Morgan fingerprint density at radius 1 is 1.47 bits per heavy atom. The van der Waals surface area contributed by atoms with Crippen LogP contribution in [0.1, 0.15) is 24.7 Å². The quantitative estimate of drug-likeness (QED) is 0.751. The van der Waals surface area contributed by atoms with E-state index in [1.165, 1.54) is 0 Å². The van der Waals surface area contributed by atoms with Gasteiger partial charge in [0.25, 0.3) is 0 Å². The van der Waals surface area contributed by atoms with Gasteiger partial charge in [0.1, 0.15) is 12.2 Å². The normalized spacial score (nSPS) is 10.6. The number of hydrogen-bond acceptors (Lipinski definition) is 4. The molecule has 0 atom stereocenters. The molecule has 2 aromatic rings. The molecule has 0 saturated heterocycles. The number of nitrogens with one attached hydrogen (secondary N) is 2. The van der Waals surface area contributed by atoms with E-state index in [-0.39, 0.29) is 5.91 Å². The largest absolute Gasteiger partial charge is 0.356 e. The predicted octanol–water partition coefficient (Wildman–Crippen LogP) is 0.313. The number of aromatic amines is 1. The fourth-order valence-corrected chi connectivity index (χ4v) is 1.81. The van der Waals surface area contributed by atoms with Crippen LogP contribution in [0.3, 0.4) is 0 Å². The summed E-state index contributed by atoms with van der Waals surface area (Å²) in [7, 11) is 0. The Kier molecular flexibility index (Phi) is 4.66. The van der Waals surface area contributed by atoms with Crippen LogP contribution in [0.15, 0.2) is 18.7 Å². The Bertz CT molecular complexity index is 504. The van der Waals surface area contributed by atoms with Crippen molar-refractivity contribution < 1.29 is 4.79 Å². The molecule has 102 valence electrons. The highest BCUT2D eigenvalue weighted by Crippen LogP contribution is 1.99. The lowest BCUT2D eigenvalue weighted by molar-refractivity contribution is -0.121. The molecule has 1 amide bonds. The van der Waals surface area contributed by atoms with Crippen LogP contribution in [-0.4, -0.2) is 37.4 Å². The zero-order valence-corrected chi connectivity index (χ0v) is 11.0. The van der Waals surface area contributed by atoms with E-state index in [0.29, 0.717) is 25.8 Å². The van der Waals surface area contributed by atoms with Crippen LogP contribution in [0.2, 0.25) is 0 Å². The molecule has 0 unspecified atom stereocenters. The molecule has 0 aliphatic rings. The summed E-state index contributed by atoms with van der Waals surface area (Å²) in [6.45, 7) is 3.47. The molecular formula is C12H18N6O. The van der Waals surface area contributed by atoms with Crippen LogP contribution in [0.5, 0.6) is 0 Å². The minimum atomic E-state index is 0.0452. The summed E-state index contributed by atoms with van der Waals surface area (Å²) in [5, 5.41) is 17.3. The molecule has 0 fully saturated rings. The molecule has 0 spiro atoms. The van der Waals surface area contributed by atoms with Gasteiger partial charge in [0.2, 0.25) is 5.91 Å². The van der Waals surface area contributed by atoms with Crippen LogP contribution in [0, 0.1) is 0 Å². The smallest absolute Gasteiger partial charge is 0.220 e. The van der Waals surface area contributed by atoms with Crippen molar-refractivity contribution in [3.8, 4) is 0 Å². The summed E-state index contributed by atoms with van der Waals surface area (Å²) >= 11 is 0. The van der Waals surface area contributed by atoms with Crippen molar-refractivity contribution in [3.05, 3.63) is 30.1 Å².